The summed E-state index contributed by atoms with van der Waals surface area (Å²) in [6.45, 7) is 26.6. The third kappa shape index (κ3) is 6.98. The Morgan fingerprint density at radius 2 is 1.62 bits per heavy atom. The number of ether oxygens (including phenoxy) is 1. The minimum atomic E-state index is -2.02. The lowest BCUT2D eigenvalue weighted by atomic mass is 9.74. The van der Waals surface area contributed by atoms with Gasteiger partial charge in [0.1, 0.15) is 17.5 Å². The normalized spacial score (nSPS) is 19.1. The highest BCUT2D eigenvalue weighted by Gasteiger charge is 2.44. The summed E-state index contributed by atoms with van der Waals surface area (Å²) in [5.74, 6) is 0.993. The molecule has 37 heavy (non-hydrogen) atoms. The van der Waals surface area contributed by atoms with Crippen LogP contribution in [0, 0.1) is 8.99 Å². The molecule has 1 heterocycles. The van der Waals surface area contributed by atoms with Crippen molar-refractivity contribution in [3.05, 3.63) is 55.9 Å². The van der Waals surface area contributed by atoms with Crippen LogP contribution in [0.15, 0.2) is 24.3 Å². The van der Waals surface area contributed by atoms with E-state index in [0.29, 0.717) is 0 Å². The van der Waals surface area contributed by atoms with Crippen LogP contribution in [0.2, 0.25) is 18.1 Å². The summed E-state index contributed by atoms with van der Waals surface area (Å²) >= 11 is 2.46. The first kappa shape index (κ1) is 30.6. The highest BCUT2D eigenvalue weighted by atomic mass is 127. The fourth-order valence-corrected chi connectivity index (χ4v) is 7.31. The predicted octanol–water partition coefficient (Wildman–Crippen LogP) is 9.10. The second kappa shape index (κ2) is 10.5. The molecule has 1 aliphatic carbocycles. The largest absolute Gasteiger partial charge is 0.488 e. The number of aromatic nitrogens is 1. The number of fused-ring (bicyclic) bond motifs is 1. The Hall–Kier alpha value is -0.963. The zero-order chi connectivity index (χ0) is 28.1. The molecule has 0 aliphatic heterocycles. The molecule has 0 radical (unpaired) electrons. The summed E-state index contributed by atoms with van der Waals surface area (Å²) in [4.78, 5) is 5.27. The average Bonchev–Trinajstić information content (AvgIpc) is 2.70. The Labute approximate surface area is 240 Å². The molecule has 2 aromatic rings. The number of aliphatic hydroxyl groups is 1. The summed E-state index contributed by atoms with van der Waals surface area (Å²) in [7, 11) is -2.02. The van der Waals surface area contributed by atoms with Crippen LogP contribution in [0.3, 0.4) is 0 Å². The molecule has 0 bridgehead atoms. The van der Waals surface area contributed by atoms with E-state index < -0.39 is 14.4 Å². The molecule has 3 rings (SSSR count). The van der Waals surface area contributed by atoms with Gasteiger partial charge in [-0.15, -0.1) is 0 Å². The lowest BCUT2D eigenvalue weighted by molar-refractivity contribution is 0.104. The van der Waals surface area contributed by atoms with Crippen LogP contribution in [0.25, 0.3) is 0 Å². The van der Waals surface area contributed by atoms with Gasteiger partial charge in [-0.2, -0.15) is 0 Å². The monoisotopic (exact) mass is 637 g/mol. The summed E-state index contributed by atoms with van der Waals surface area (Å²) in [5.41, 5.74) is 4.91. The van der Waals surface area contributed by atoms with Gasteiger partial charge < -0.3 is 14.3 Å². The molecule has 1 aliphatic rings. The fraction of sp³-hybridized carbons (Fsp3) is 0.645. The summed E-state index contributed by atoms with van der Waals surface area (Å²) in [5, 5.41) is 11.9. The van der Waals surface area contributed by atoms with Gasteiger partial charge in [-0.05, 0) is 103 Å². The van der Waals surface area contributed by atoms with E-state index in [4.69, 9.17) is 14.1 Å². The predicted molar refractivity (Wildman–Crippen MR) is 165 cm³/mol. The van der Waals surface area contributed by atoms with Crippen molar-refractivity contribution in [1.82, 2.24) is 4.98 Å². The van der Waals surface area contributed by atoms with Gasteiger partial charge in [-0.3, -0.25) is 4.98 Å². The molecule has 1 aromatic heterocycles. The van der Waals surface area contributed by atoms with E-state index in [2.05, 4.69) is 84.2 Å². The van der Waals surface area contributed by atoms with Crippen LogP contribution in [0.1, 0.15) is 122 Å². The van der Waals surface area contributed by atoms with Crippen molar-refractivity contribution in [1.29, 1.82) is 0 Å². The van der Waals surface area contributed by atoms with Crippen molar-refractivity contribution in [3.8, 4) is 5.75 Å². The standard InChI is InChI=1S/C31H48INO3Si/c1-19(2)27-25(28(34)20-13-15-21(16-14-20)35-29(3,4)5)26(32)24-22(33-27)17-31(9,10)18-23(24)36-37(11,12)30(6,7)8/h13-16,19,23,28,34H,17-18H2,1-12H3. The molecule has 2 unspecified atom stereocenters. The first-order valence-corrected chi connectivity index (χ1v) is 17.6. The van der Waals surface area contributed by atoms with E-state index in [-0.39, 0.29) is 28.1 Å². The molecule has 2 atom stereocenters. The first-order valence-electron chi connectivity index (χ1n) is 13.6. The van der Waals surface area contributed by atoms with Gasteiger partial charge in [0.25, 0.3) is 0 Å². The fourth-order valence-electron chi connectivity index (χ4n) is 4.81. The third-order valence-electron chi connectivity index (χ3n) is 7.70. The van der Waals surface area contributed by atoms with Crippen LogP contribution in [0.4, 0.5) is 0 Å². The van der Waals surface area contributed by atoms with Gasteiger partial charge in [0.05, 0.1) is 11.8 Å². The molecule has 0 saturated carbocycles. The van der Waals surface area contributed by atoms with Crippen molar-refractivity contribution >= 4 is 30.9 Å². The molecule has 1 aromatic carbocycles. The van der Waals surface area contributed by atoms with E-state index in [1.54, 1.807) is 0 Å². The maximum atomic E-state index is 11.8. The zero-order valence-corrected chi connectivity index (χ0v) is 28.2. The van der Waals surface area contributed by atoms with Crippen molar-refractivity contribution in [2.45, 2.75) is 124 Å². The maximum Gasteiger partial charge on any atom is 0.192 e. The highest BCUT2D eigenvalue weighted by molar-refractivity contribution is 14.1. The Balaban J connectivity index is 2.13. The van der Waals surface area contributed by atoms with Crippen molar-refractivity contribution < 1.29 is 14.3 Å². The molecule has 6 heteroatoms. The molecule has 0 spiro atoms. The van der Waals surface area contributed by atoms with E-state index in [9.17, 15) is 5.11 Å². The zero-order valence-electron chi connectivity index (χ0n) is 25.0. The maximum absolute atomic E-state index is 11.8. The minimum absolute atomic E-state index is 0.0197. The third-order valence-corrected chi connectivity index (χ3v) is 13.4. The number of pyridine rings is 1. The van der Waals surface area contributed by atoms with E-state index in [1.165, 1.54) is 5.56 Å². The van der Waals surface area contributed by atoms with Gasteiger partial charge in [0.2, 0.25) is 0 Å². The van der Waals surface area contributed by atoms with E-state index in [0.717, 1.165) is 44.7 Å². The van der Waals surface area contributed by atoms with Crippen molar-refractivity contribution in [2.75, 3.05) is 0 Å². The second-order valence-electron chi connectivity index (χ2n) is 14.3. The number of hydrogen-bond donors (Lipinski definition) is 1. The number of aliphatic hydroxyl groups excluding tert-OH is 1. The quantitative estimate of drug-likeness (QED) is 0.254. The Morgan fingerprint density at radius 1 is 1.05 bits per heavy atom. The number of halogens is 1. The summed E-state index contributed by atoms with van der Waals surface area (Å²) in [6, 6.07) is 7.84. The number of rotatable bonds is 6. The van der Waals surface area contributed by atoms with E-state index >= 15 is 0 Å². The molecule has 206 valence electrons. The Bertz CT molecular complexity index is 1110. The minimum Gasteiger partial charge on any atom is -0.488 e. The molecule has 0 fully saturated rings. The Morgan fingerprint density at radius 3 is 2.11 bits per heavy atom. The van der Waals surface area contributed by atoms with Crippen LogP contribution in [-0.4, -0.2) is 24.0 Å². The van der Waals surface area contributed by atoms with Gasteiger partial charge in [0, 0.05) is 20.4 Å². The molecular weight excluding hydrogens is 589 g/mol. The van der Waals surface area contributed by atoms with Crippen LogP contribution < -0.4 is 4.74 Å². The number of benzene rings is 1. The second-order valence-corrected chi connectivity index (χ2v) is 20.2. The molecule has 4 nitrogen and oxygen atoms in total. The van der Waals surface area contributed by atoms with Gasteiger partial charge >= 0.3 is 0 Å². The van der Waals surface area contributed by atoms with Crippen LogP contribution in [0.5, 0.6) is 5.75 Å². The topological polar surface area (TPSA) is 51.6 Å². The SMILES string of the molecule is CC(C)c1nc2c(c(I)c1C(O)c1ccc(OC(C)(C)C)cc1)C(O[Si](C)(C)C(C)(C)C)CC(C)(C)C2. The Kier molecular flexibility index (Phi) is 8.72. The van der Waals surface area contributed by atoms with Gasteiger partial charge in [-0.1, -0.05) is 60.6 Å². The molecule has 1 N–H and O–H groups in total. The van der Waals surface area contributed by atoms with Gasteiger partial charge in [0.15, 0.2) is 8.32 Å². The molecular formula is C31H48INO3Si. The summed E-state index contributed by atoms with van der Waals surface area (Å²) < 4.78 is 14.2. The number of nitrogens with zero attached hydrogens (tertiary/aromatic N) is 1. The van der Waals surface area contributed by atoms with Crippen LogP contribution in [-0.2, 0) is 10.8 Å². The van der Waals surface area contributed by atoms with E-state index in [1.807, 2.05) is 45.0 Å². The lowest BCUT2D eigenvalue weighted by Gasteiger charge is -2.44. The first-order chi connectivity index (χ1) is 16.7. The average molecular weight is 638 g/mol. The lowest BCUT2D eigenvalue weighted by Crippen LogP contribution is -2.44. The smallest absolute Gasteiger partial charge is 0.192 e. The highest BCUT2D eigenvalue weighted by Crippen LogP contribution is 2.50. The molecule has 0 saturated heterocycles. The molecule has 0 amide bonds. The van der Waals surface area contributed by atoms with Crippen molar-refractivity contribution in [3.63, 3.8) is 0 Å². The van der Waals surface area contributed by atoms with Crippen LogP contribution >= 0.6 is 22.6 Å². The van der Waals surface area contributed by atoms with Gasteiger partial charge in [-0.25, -0.2) is 0 Å². The number of hydrogen-bond acceptors (Lipinski definition) is 4. The summed E-state index contributed by atoms with van der Waals surface area (Å²) in [6.07, 6.45) is 1.09. The van der Waals surface area contributed by atoms with Crippen molar-refractivity contribution in [2.24, 2.45) is 5.41 Å².